The maximum atomic E-state index is 12.3. The number of aliphatic hydroxyl groups is 1. The van der Waals surface area contributed by atoms with Crippen molar-refractivity contribution in [2.75, 3.05) is 20.3 Å². The van der Waals surface area contributed by atoms with Crippen molar-refractivity contribution < 1.29 is 29.2 Å². The molecule has 0 spiro atoms. The van der Waals surface area contributed by atoms with Crippen LogP contribution in [0.15, 0.2) is 45.6 Å². The number of aromatic hydroxyl groups is 2. The van der Waals surface area contributed by atoms with Crippen LogP contribution >= 0.6 is 0 Å². The average Bonchev–Trinajstić information content (AvgIpc) is 2.58. The van der Waals surface area contributed by atoms with Gasteiger partial charge in [-0.1, -0.05) is 0 Å². The zero-order chi connectivity index (χ0) is 18.0. The predicted molar refractivity (Wildman–Crippen MR) is 90.4 cm³/mol. The predicted octanol–water partition coefficient (Wildman–Crippen LogP) is 2.25. The minimum atomic E-state index is -0.442. The molecule has 1 aromatic heterocycles. The molecule has 0 bridgehead atoms. The van der Waals surface area contributed by atoms with Gasteiger partial charge in [-0.25, -0.2) is 0 Å². The van der Waals surface area contributed by atoms with Crippen molar-refractivity contribution in [3.63, 3.8) is 0 Å². The molecule has 25 heavy (non-hydrogen) atoms. The van der Waals surface area contributed by atoms with Crippen molar-refractivity contribution in [2.45, 2.75) is 0 Å². The lowest BCUT2D eigenvalue weighted by molar-refractivity contribution is 0.196. The van der Waals surface area contributed by atoms with Gasteiger partial charge < -0.3 is 29.2 Å². The van der Waals surface area contributed by atoms with E-state index in [-0.39, 0.29) is 41.4 Å². The molecule has 0 aliphatic heterocycles. The van der Waals surface area contributed by atoms with Gasteiger partial charge in [-0.2, -0.15) is 0 Å². The Morgan fingerprint density at radius 3 is 2.60 bits per heavy atom. The molecule has 2 aromatic carbocycles. The maximum Gasteiger partial charge on any atom is 0.197 e. The van der Waals surface area contributed by atoms with Crippen LogP contribution in [0.25, 0.3) is 22.3 Å². The molecular weight excluding hydrogens is 328 g/mol. The Morgan fingerprint density at radius 2 is 1.88 bits per heavy atom. The van der Waals surface area contributed by atoms with Crippen LogP contribution in [0.3, 0.4) is 0 Å². The molecule has 3 aromatic rings. The fourth-order valence-corrected chi connectivity index (χ4v) is 2.49. The summed E-state index contributed by atoms with van der Waals surface area (Å²) in [5.41, 5.74) is 0.159. The summed E-state index contributed by atoms with van der Waals surface area (Å²) in [6.45, 7) is -0.0692. The van der Waals surface area contributed by atoms with Gasteiger partial charge in [0.05, 0.1) is 13.7 Å². The van der Waals surface area contributed by atoms with Crippen LogP contribution in [-0.2, 0) is 0 Å². The Bertz CT molecular complexity index is 975. The van der Waals surface area contributed by atoms with E-state index in [4.69, 9.17) is 19.0 Å². The molecule has 3 rings (SSSR count). The first-order chi connectivity index (χ1) is 12.0. The molecule has 0 saturated carbocycles. The molecule has 0 atom stereocenters. The van der Waals surface area contributed by atoms with Crippen LogP contribution in [-0.4, -0.2) is 35.6 Å². The third kappa shape index (κ3) is 3.22. The van der Waals surface area contributed by atoms with Crippen LogP contribution in [0.4, 0.5) is 0 Å². The number of hydrogen-bond acceptors (Lipinski definition) is 7. The lowest BCUT2D eigenvalue weighted by atomic mass is 10.1. The summed E-state index contributed by atoms with van der Waals surface area (Å²) in [5, 5.41) is 28.3. The molecule has 0 amide bonds. The highest BCUT2D eigenvalue weighted by molar-refractivity contribution is 5.86. The lowest BCUT2D eigenvalue weighted by Gasteiger charge is -2.11. The maximum absolute atomic E-state index is 12.3. The minimum absolute atomic E-state index is 0.00758. The molecule has 7 heteroatoms. The fourth-order valence-electron chi connectivity index (χ4n) is 2.49. The van der Waals surface area contributed by atoms with E-state index in [1.165, 1.54) is 19.2 Å². The smallest absolute Gasteiger partial charge is 0.197 e. The number of fused-ring (bicyclic) bond motifs is 1. The molecule has 0 saturated heterocycles. The van der Waals surface area contributed by atoms with Gasteiger partial charge in [0.15, 0.2) is 16.9 Å². The van der Waals surface area contributed by atoms with Crippen LogP contribution in [0.1, 0.15) is 0 Å². The standard InChI is InChI=1S/C18H16O7/c1-23-14-3-2-10(6-16(14)24-5-4-19)15-9-13(22)18-12(21)7-11(20)8-17(18)25-15/h2-3,6-9,19-21H,4-5H2,1H3. The Balaban J connectivity index is 2.14. The van der Waals surface area contributed by atoms with E-state index in [2.05, 4.69) is 0 Å². The summed E-state index contributed by atoms with van der Waals surface area (Å²) in [6.07, 6.45) is 0. The Labute approximate surface area is 142 Å². The van der Waals surface area contributed by atoms with Crippen molar-refractivity contribution in [2.24, 2.45) is 0 Å². The Hall–Kier alpha value is -3.19. The first kappa shape index (κ1) is 16.7. The molecule has 7 nitrogen and oxygen atoms in total. The number of methoxy groups -OCH3 is 1. The third-order valence-corrected chi connectivity index (χ3v) is 3.59. The van der Waals surface area contributed by atoms with E-state index in [1.54, 1.807) is 18.2 Å². The second-order valence-electron chi connectivity index (χ2n) is 5.25. The number of ether oxygens (including phenoxy) is 2. The van der Waals surface area contributed by atoms with E-state index < -0.39 is 5.43 Å². The second kappa shape index (κ2) is 6.74. The summed E-state index contributed by atoms with van der Waals surface area (Å²) in [5.74, 6) is 0.522. The first-order valence-electron chi connectivity index (χ1n) is 7.45. The van der Waals surface area contributed by atoms with E-state index in [9.17, 15) is 15.0 Å². The number of benzene rings is 2. The summed E-state index contributed by atoms with van der Waals surface area (Å²) in [6, 6.07) is 8.52. The van der Waals surface area contributed by atoms with E-state index in [0.717, 1.165) is 6.07 Å². The monoisotopic (exact) mass is 344 g/mol. The molecule has 0 aliphatic carbocycles. The van der Waals surface area contributed by atoms with Crippen molar-refractivity contribution in [3.05, 3.63) is 46.6 Å². The van der Waals surface area contributed by atoms with Crippen molar-refractivity contribution >= 4 is 11.0 Å². The number of aliphatic hydroxyl groups excluding tert-OH is 1. The molecule has 0 fully saturated rings. The van der Waals surface area contributed by atoms with Gasteiger partial charge in [0.1, 0.15) is 34.8 Å². The van der Waals surface area contributed by atoms with E-state index in [0.29, 0.717) is 17.1 Å². The molecule has 0 aliphatic rings. The van der Waals surface area contributed by atoms with Gasteiger partial charge in [0, 0.05) is 23.8 Å². The van der Waals surface area contributed by atoms with E-state index in [1.807, 2.05) is 0 Å². The highest BCUT2D eigenvalue weighted by Gasteiger charge is 2.14. The van der Waals surface area contributed by atoms with Gasteiger partial charge >= 0.3 is 0 Å². The van der Waals surface area contributed by atoms with Crippen LogP contribution in [0, 0.1) is 0 Å². The zero-order valence-electron chi connectivity index (χ0n) is 13.4. The van der Waals surface area contributed by atoms with Crippen LogP contribution in [0.5, 0.6) is 23.0 Å². The molecule has 3 N–H and O–H groups in total. The number of phenols is 2. The lowest BCUT2D eigenvalue weighted by Crippen LogP contribution is -2.04. The van der Waals surface area contributed by atoms with Crippen LogP contribution in [0.2, 0.25) is 0 Å². The fraction of sp³-hybridized carbons (Fsp3) is 0.167. The SMILES string of the molecule is COc1ccc(-c2cc(=O)c3c(O)cc(O)cc3o2)cc1OCCO. The molecule has 0 unspecified atom stereocenters. The average molecular weight is 344 g/mol. The first-order valence-corrected chi connectivity index (χ1v) is 7.45. The van der Waals surface area contributed by atoms with Crippen molar-refractivity contribution in [1.29, 1.82) is 0 Å². The Kier molecular flexibility index (Phi) is 4.49. The summed E-state index contributed by atoms with van der Waals surface area (Å²) in [4.78, 5) is 12.3. The third-order valence-electron chi connectivity index (χ3n) is 3.59. The highest BCUT2D eigenvalue weighted by Crippen LogP contribution is 2.34. The largest absolute Gasteiger partial charge is 0.508 e. The van der Waals surface area contributed by atoms with Gasteiger partial charge in [0.25, 0.3) is 0 Å². The molecule has 0 radical (unpaired) electrons. The van der Waals surface area contributed by atoms with Gasteiger partial charge in [0.2, 0.25) is 0 Å². The van der Waals surface area contributed by atoms with Gasteiger partial charge in [-0.05, 0) is 18.2 Å². The number of phenolic OH excluding ortho intramolecular Hbond substituents is 2. The van der Waals surface area contributed by atoms with Gasteiger partial charge in [-0.3, -0.25) is 4.79 Å². The van der Waals surface area contributed by atoms with Crippen molar-refractivity contribution in [1.82, 2.24) is 0 Å². The van der Waals surface area contributed by atoms with Gasteiger partial charge in [-0.15, -0.1) is 0 Å². The minimum Gasteiger partial charge on any atom is -0.508 e. The summed E-state index contributed by atoms with van der Waals surface area (Å²) < 4.78 is 16.3. The second-order valence-corrected chi connectivity index (χ2v) is 5.25. The Morgan fingerprint density at radius 1 is 1.08 bits per heavy atom. The van der Waals surface area contributed by atoms with Crippen molar-refractivity contribution in [3.8, 4) is 34.3 Å². The number of hydrogen-bond donors (Lipinski definition) is 3. The zero-order valence-corrected chi connectivity index (χ0v) is 13.4. The van der Waals surface area contributed by atoms with E-state index >= 15 is 0 Å². The quantitative estimate of drug-likeness (QED) is 0.651. The molecule has 130 valence electrons. The molecular formula is C18H16O7. The normalized spacial score (nSPS) is 10.8. The summed E-state index contributed by atoms with van der Waals surface area (Å²) >= 11 is 0. The topological polar surface area (TPSA) is 109 Å². The molecule has 1 heterocycles. The summed E-state index contributed by atoms with van der Waals surface area (Å²) in [7, 11) is 1.49. The number of rotatable bonds is 5. The highest BCUT2D eigenvalue weighted by atomic mass is 16.5. The van der Waals surface area contributed by atoms with Crippen LogP contribution < -0.4 is 14.9 Å².